The number of carbonyl (C=O) groups is 1. The number of aryl methyl sites for hydroxylation is 2. The molecule has 1 aliphatic carbocycles. The number of hydrogen-bond donors (Lipinski definition) is 0. The van der Waals surface area contributed by atoms with E-state index < -0.39 is 5.24 Å². The third-order valence-corrected chi connectivity index (χ3v) is 6.61. The number of halogens is 1. The Labute approximate surface area is 163 Å². The number of allylic oxidation sites excluding steroid dienone is 1. The summed E-state index contributed by atoms with van der Waals surface area (Å²) in [5, 5.41) is -0.423. The molecule has 1 aromatic heterocycles. The topological polar surface area (TPSA) is 20.3 Å². The van der Waals surface area contributed by atoms with Crippen molar-refractivity contribution in [3.05, 3.63) is 68.4 Å². The highest BCUT2D eigenvalue weighted by Gasteiger charge is 2.24. The van der Waals surface area contributed by atoms with E-state index in [0.717, 1.165) is 43.6 Å². The minimum Gasteiger partial charge on any atom is -0.306 e. The molecule has 2 aliphatic rings. The zero-order valence-electron chi connectivity index (χ0n) is 14.9. The van der Waals surface area contributed by atoms with Gasteiger partial charge in [-0.3, -0.25) is 4.79 Å². The summed E-state index contributed by atoms with van der Waals surface area (Å²) in [4.78, 5) is 16.0. The Balaban J connectivity index is 1.86. The van der Waals surface area contributed by atoms with Gasteiger partial charge < -0.3 is 4.90 Å². The second-order valence-electron chi connectivity index (χ2n) is 7.06. The van der Waals surface area contributed by atoms with Crippen LogP contribution in [0, 0.1) is 0 Å². The quantitative estimate of drug-likeness (QED) is 0.527. The first kappa shape index (κ1) is 17.7. The molecule has 0 unspecified atom stereocenters. The molecular formula is C22H22ClNOS. The lowest BCUT2D eigenvalue weighted by atomic mass is 9.87. The van der Waals surface area contributed by atoms with Gasteiger partial charge in [-0.1, -0.05) is 29.8 Å². The van der Waals surface area contributed by atoms with Crippen molar-refractivity contribution in [2.75, 3.05) is 20.1 Å². The fourth-order valence-electron chi connectivity index (χ4n) is 3.97. The smallest absolute Gasteiger partial charge is 0.245 e. The Morgan fingerprint density at radius 2 is 1.88 bits per heavy atom. The van der Waals surface area contributed by atoms with Gasteiger partial charge in [0.2, 0.25) is 5.24 Å². The zero-order chi connectivity index (χ0) is 18.1. The molecule has 0 bridgehead atoms. The maximum atomic E-state index is 11.1. The van der Waals surface area contributed by atoms with Gasteiger partial charge in [-0.05, 0) is 84.8 Å². The van der Waals surface area contributed by atoms with E-state index in [4.69, 9.17) is 11.6 Å². The fraction of sp³-hybridized carbons (Fsp3) is 0.318. The van der Waals surface area contributed by atoms with Crippen molar-refractivity contribution in [1.29, 1.82) is 0 Å². The molecule has 4 rings (SSSR count). The number of rotatable bonds is 2. The van der Waals surface area contributed by atoms with E-state index in [-0.39, 0.29) is 0 Å². The summed E-state index contributed by atoms with van der Waals surface area (Å²) in [6.45, 7) is 2.24. The van der Waals surface area contributed by atoms with Crippen LogP contribution in [0.3, 0.4) is 0 Å². The fourth-order valence-corrected chi connectivity index (χ4v) is 5.11. The molecule has 134 valence electrons. The Morgan fingerprint density at radius 1 is 1.12 bits per heavy atom. The summed E-state index contributed by atoms with van der Waals surface area (Å²) in [7, 11) is 2.20. The predicted octanol–water partition coefficient (Wildman–Crippen LogP) is 5.15. The molecule has 4 heteroatoms. The molecule has 1 aliphatic heterocycles. The van der Waals surface area contributed by atoms with Crippen LogP contribution in [0.15, 0.2) is 42.0 Å². The average Bonchev–Trinajstić information content (AvgIpc) is 2.97. The van der Waals surface area contributed by atoms with Crippen LogP contribution in [0.5, 0.6) is 0 Å². The number of carbonyl (C=O) groups excluding carboxylic acids is 1. The first-order valence-corrected chi connectivity index (χ1v) is 10.3. The maximum Gasteiger partial charge on any atom is 0.245 e. The summed E-state index contributed by atoms with van der Waals surface area (Å²) >= 11 is 7.26. The van der Waals surface area contributed by atoms with Gasteiger partial charge in [0.05, 0.1) is 0 Å². The Kier molecular flexibility index (Phi) is 5.12. The van der Waals surface area contributed by atoms with Crippen LogP contribution in [-0.4, -0.2) is 30.3 Å². The number of hydrogen-bond acceptors (Lipinski definition) is 3. The number of nitrogens with zero attached hydrogens (tertiary/aromatic N) is 1. The van der Waals surface area contributed by atoms with Crippen molar-refractivity contribution >= 4 is 39.8 Å². The third kappa shape index (κ3) is 3.57. The third-order valence-electron chi connectivity index (χ3n) is 5.33. The highest BCUT2D eigenvalue weighted by atomic mass is 35.5. The summed E-state index contributed by atoms with van der Waals surface area (Å²) in [5.41, 5.74) is 7.22. The largest absolute Gasteiger partial charge is 0.306 e. The molecule has 1 aromatic carbocycles. The maximum absolute atomic E-state index is 11.1. The van der Waals surface area contributed by atoms with Crippen LogP contribution >= 0.6 is 22.9 Å². The molecule has 1 fully saturated rings. The number of piperidine rings is 1. The van der Waals surface area contributed by atoms with Gasteiger partial charge in [0.1, 0.15) is 0 Å². The van der Waals surface area contributed by atoms with Gasteiger partial charge in [0, 0.05) is 22.8 Å². The molecule has 2 heterocycles. The number of likely N-dealkylation sites (tertiary alicyclic amines) is 1. The van der Waals surface area contributed by atoms with E-state index >= 15 is 0 Å². The van der Waals surface area contributed by atoms with Crippen LogP contribution in [0.2, 0.25) is 0 Å². The molecule has 0 spiro atoms. The van der Waals surface area contributed by atoms with E-state index in [0.29, 0.717) is 0 Å². The van der Waals surface area contributed by atoms with Crippen molar-refractivity contribution < 1.29 is 4.79 Å². The van der Waals surface area contributed by atoms with Gasteiger partial charge in [0.15, 0.2) is 0 Å². The summed E-state index contributed by atoms with van der Waals surface area (Å²) in [5.74, 6) is 0. The van der Waals surface area contributed by atoms with Crippen LogP contribution in [0.25, 0.3) is 11.6 Å². The van der Waals surface area contributed by atoms with Crippen LogP contribution in [-0.2, 0) is 17.6 Å². The SMILES string of the molecule is CN1CCC(=C2c3ccccc3CCc3sc(C=CC(=O)Cl)cc32)CC1. The molecule has 0 atom stereocenters. The molecule has 2 aromatic rings. The second kappa shape index (κ2) is 7.51. The van der Waals surface area contributed by atoms with Gasteiger partial charge >= 0.3 is 0 Å². The van der Waals surface area contributed by atoms with Crippen molar-refractivity contribution in [2.45, 2.75) is 25.7 Å². The molecular weight excluding hydrogens is 362 g/mol. The normalized spacial score (nSPS) is 17.9. The van der Waals surface area contributed by atoms with E-state index in [1.54, 1.807) is 16.9 Å². The molecule has 2 nitrogen and oxygen atoms in total. The Morgan fingerprint density at radius 3 is 2.65 bits per heavy atom. The number of thiophene rings is 1. The summed E-state index contributed by atoms with van der Waals surface area (Å²) < 4.78 is 0. The minimum absolute atomic E-state index is 0.423. The molecule has 0 saturated carbocycles. The van der Waals surface area contributed by atoms with Crippen LogP contribution < -0.4 is 0 Å². The molecule has 0 N–H and O–H groups in total. The highest BCUT2D eigenvalue weighted by molar-refractivity contribution is 7.13. The molecule has 0 amide bonds. The molecule has 0 radical (unpaired) electrons. The van der Waals surface area contributed by atoms with Crippen LogP contribution in [0.1, 0.15) is 39.3 Å². The van der Waals surface area contributed by atoms with Gasteiger partial charge in [-0.25, -0.2) is 0 Å². The minimum atomic E-state index is -0.423. The first-order valence-electron chi connectivity index (χ1n) is 9.11. The zero-order valence-corrected chi connectivity index (χ0v) is 16.5. The Bertz CT molecular complexity index is 899. The number of fused-ring (bicyclic) bond motifs is 2. The van der Waals surface area contributed by atoms with Gasteiger partial charge in [-0.2, -0.15) is 0 Å². The summed E-state index contributed by atoms with van der Waals surface area (Å²) in [6.07, 6.45) is 7.66. The van der Waals surface area contributed by atoms with Crippen molar-refractivity contribution in [3.8, 4) is 0 Å². The van der Waals surface area contributed by atoms with Gasteiger partial charge in [0.25, 0.3) is 0 Å². The number of benzene rings is 1. The lowest BCUT2D eigenvalue weighted by Crippen LogP contribution is -2.27. The first-order chi connectivity index (χ1) is 12.6. The standard InChI is InChI=1S/C22H22ClNOS/c1-24-12-10-16(11-13-24)22-18-5-3-2-4-15(18)6-8-20-19(22)14-17(26-20)7-9-21(23)25/h2-5,7,9,14H,6,8,10-13H2,1H3. The lowest BCUT2D eigenvalue weighted by Gasteiger charge is -2.27. The monoisotopic (exact) mass is 383 g/mol. The Hall–Kier alpha value is -1.68. The van der Waals surface area contributed by atoms with Crippen molar-refractivity contribution in [1.82, 2.24) is 4.90 Å². The van der Waals surface area contributed by atoms with Gasteiger partial charge in [-0.15, -0.1) is 11.3 Å². The van der Waals surface area contributed by atoms with E-state index in [1.165, 1.54) is 33.2 Å². The predicted molar refractivity (Wildman–Crippen MR) is 111 cm³/mol. The van der Waals surface area contributed by atoms with E-state index in [2.05, 4.69) is 42.3 Å². The molecule has 1 saturated heterocycles. The van der Waals surface area contributed by atoms with E-state index in [9.17, 15) is 4.79 Å². The lowest BCUT2D eigenvalue weighted by molar-refractivity contribution is -0.107. The van der Waals surface area contributed by atoms with E-state index in [1.807, 2.05) is 6.08 Å². The highest BCUT2D eigenvalue weighted by Crippen LogP contribution is 2.41. The van der Waals surface area contributed by atoms with Crippen LogP contribution in [0.4, 0.5) is 0 Å². The second-order valence-corrected chi connectivity index (χ2v) is 8.60. The molecule has 26 heavy (non-hydrogen) atoms. The van der Waals surface area contributed by atoms with Crippen molar-refractivity contribution in [2.24, 2.45) is 0 Å². The summed E-state index contributed by atoms with van der Waals surface area (Å²) in [6, 6.07) is 11.1. The van der Waals surface area contributed by atoms with Crippen molar-refractivity contribution in [3.63, 3.8) is 0 Å². The average molecular weight is 384 g/mol.